The van der Waals surface area contributed by atoms with Gasteiger partial charge >= 0.3 is 0 Å². The van der Waals surface area contributed by atoms with Gasteiger partial charge in [0.1, 0.15) is 11.8 Å². The van der Waals surface area contributed by atoms with E-state index >= 15 is 0 Å². The zero-order valence-corrected chi connectivity index (χ0v) is 10.4. The van der Waals surface area contributed by atoms with Crippen molar-refractivity contribution in [2.24, 2.45) is 0 Å². The standard InChI is InChI=1S/C13H14N2O4/c1-19-10-5-3-2-4-8(10)6-11(16)14-9-7-12(17)15-13(9)18/h2-5,9H,6-7H2,1H3,(H,14,16)(H,15,17,18). The fourth-order valence-electron chi connectivity index (χ4n) is 1.94. The van der Waals surface area contributed by atoms with E-state index in [2.05, 4.69) is 10.6 Å². The van der Waals surface area contributed by atoms with Crippen LogP contribution < -0.4 is 15.4 Å². The van der Waals surface area contributed by atoms with Crippen molar-refractivity contribution >= 4 is 17.7 Å². The number of methoxy groups -OCH3 is 1. The monoisotopic (exact) mass is 262 g/mol. The van der Waals surface area contributed by atoms with Crippen molar-refractivity contribution in [3.05, 3.63) is 29.8 Å². The molecular weight excluding hydrogens is 248 g/mol. The van der Waals surface area contributed by atoms with Gasteiger partial charge in [0, 0.05) is 5.56 Å². The minimum absolute atomic E-state index is 0.00347. The number of carbonyl (C=O) groups excluding carboxylic acids is 3. The largest absolute Gasteiger partial charge is 0.496 e. The van der Waals surface area contributed by atoms with Crippen LogP contribution in [0.15, 0.2) is 24.3 Å². The molecule has 2 N–H and O–H groups in total. The van der Waals surface area contributed by atoms with E-state index in [1.807, 2.05) is 6.07 Å². The van der Waals surface area contributed by atoms with Crippen LogP contribution in [0.3, 0.4) is 0 Å². The smallest absolute Gasteiger partial charge is 0.249 e. The van der Waals surface area contributed by atoms with Gasteiger partial charge in [-0.3, -0.25) is 19.7 Å². The molecule has 2 rings (SSSR count). The van der Waals surface area contributed by atoms with E-state index in [1.165, 1.54) is 7.11 Å². The number of benzene rings is 1. The van der Waals surface area contributed by atoms with Gasteiger partial charge in [-0.15, -0.1) is 0 Å². The van der Waals surface area contributed by atoms with Gasteiger partial charge in [0.15, 0.2) is 0 Å². The highest BCUT2D eigenvalue weighted by molar-refractivity contribution is 6.06. The lowest BCUT2D eigenvalue weighted by Gasteiger charge is -2.11. The number of carbonyl (C=O) groups is 3. The van der Waals surface area contributed by atoms with E-state index in [-0.39, 0.29) is 24.7 Å². The van der Waals surface area contributed by atoms with Gasteiger partial charge in [0.2, 0.25) is 17.7 Å². The number of imide groups is 1. The first-order valence-corrected chi connectivity index (χ1v) is 5.85. The molecule has 3 amide bonds. The molecule has 1 aliphatic heterocycles. The molecule has 1 aromatic rings. The summed E-state index contributed by atoms with van der Waals surface area (Å²) in [6.07, 6.45) is 0.0957. The minimum Gasteiger partial charge on any atom is -0.496 e. The Hall–Kier alpha value is -2.37. The van der Waals surface area contributed by atoms with Crippen molar-refractivity contribution in [1.82, 2.24) is 10.6 Å². The molecular formula is C13H14N2O4. The second-order valence-electron chi connectivity index (χ2n) is 4.23. The maximum absolute atomic E-state index is 11.8. The molecule has 0 aromatic heterocycles. The number of amides is 3. The Balaban J connectivity index is 1.98. The molecule has 1 heterocycles. The zero-order chi connectivity index (χ0) is 13.8. The Morgan fingerprint density at radius 3 is 2.79 bits per heavy atom. The minimum atomic E-state index is -0.769. The van der Waals surface area contributed by atoms with Crippen molar-refractivity contribution < 1.29 is 19.1 Å². The first kappa shape index (κ1) is 13.1. The maximum Gasteiger partial charge on any atom is 0.249 e. The first-order chi connectivity index (χ1) is 9.10. The lowest BCUT2D eigenvalue weighted by atomic mass is 10.1. The van der Waals surface area contributed by atoms with Gasteiger partial charge in [-0.1, -0.05) is 18.2 Å². The summed E-state index contributed by atoms with van der Waals surface area (Å²) in [5.74, 6) is -0.532. The third-order valence-corrected chi connectivity index (χ3v) is 2.85. The molecule has 6 nitrogen and oxygen atoms in total. The Morgan fingerprint density at radius 1 is 1.42 bits per heavy atom. The molecule has 100 valence electrons. The topological polar surface area (TPSA) is 84.5 Å². The third-order valence-electron chi connectivity index (χ3n) is 2.85. The maximum atomic E-state index is 11.8. The second kappa shape index (κ2) is 5.51. The summed E-state index contributed by atoms with van der Waals surface area (Å²) in [7, 11) is 1.53. The molecule has 19 heavy (non-hydrogen) atoms. The van der Waals surface area contributed by atoms with Crippen LogP contribution in [0.2, 0.25) is 0 Å². The van der Waals surface area contributed by atoms with Crippen molar-refractivity contribution in [2.45, 2.75) is 18.9 Å². The van der Waals surface area contributed by atoms with E-state index in [1.54, 1.807) is 18.2 Å². The molecule has 1 saturated heterocycles. The van der Waals surface area contributed by atoms with Gasteiger partial charge in [-0.05, 0) is 6.07 Å². The van der Waals surface area contributed by atoms with Crippen molar-refractivity contribution in [3.63, 3.8) is 0 Å². The number of rotatable bonds is 4. The molecule has 1 fully saturated rings. The van der Waals surface area contributed by atoms with Crippen LogP contribution in [0, 0.1) is 0 Å². The van der Waals surface area contributed by atoms with E-state index in [9.17, 15) is 14.4 Å². The van der Waals surface area contributed by atoms with Gasteiger partial charge in [-0.2, -0.15) is 0 Å². The van der Waals surface area contributed by atoms with E-state index in [0.717, 1.165) is 5.56 Å². The Bertz CT molecular complexity index is 527. The molecule has 0 bridgehead atoms. The van der Waals surface area contributed by atoms with Crippen LogP contribution in [0.25, 0.3) is 0 Å². The highest BCUT2D eigenvalue weighted by atomic mass is 16.5. The van der Waals surface area contributed by atoms with Crippen LogP contribution in [0.4, 0.5) is 0 Å². The van der Waals surface area contributed by atoms with Gasteiger partial charge in [0.25, 0.3) is 0 Å². The predicted molar refractivity (Wildman–Crippen MR) is 66.4 cm³/mol. The molecule has 1 atom stereocenters. The average molecular weight is 262 g/mol. The fraction of sp³-hybridized carbons (Fsp3) is 0.308. The summed E-state index contributed by atoms with van der Waals surface area (Å²) in [4.78, 5) is 34.2. The molecule has 1 aromatic carbocycles. The number of hydrogen-bond donors (Lipinski definition) is 2. The van der Waals surface area contributed by atoms with Gasteiger partial charge in [0.05, 0.1) is 20.0 Å². The van der Waals surface area contributed by atoms with Crippen LogP contribution in [0.5, 0.6) is 5.75 Å². The number of nitrogens with one attached hydrogen (secondary N) is 2. The lowest BCUT2D eigenvalue weighted by Crippen LogP contribution is -2.40. The van der Waals surface area contributed by atoms with Crippen molar-refractivity contribution in [2.75, 3.05) is 7.11 Å². The first-order valence-electron chi connectivity index (χ1n) is 5.85. The number of hydrogen-bond acceptors (Lipinski definition) is 4. The van der Waals surface area contributed by atoms with E-state index in [4.69, 9.17) is 4.74 Å². The van der Waals surface area contributed by atoms with Crippen LogP contribution in [-0.4, -0.2) is 30.9 Å². The van der Waals surface area contributed by atoms with E-state index in [0.29, 0.717) is 5.75 Å². The molecule has 0 aliphatic carbocycles. The summed E-state index contributed by atoms with van der Waals surface area (Å²) < 4.78 is 5.14. The molecule has 0 radical (unpaired) electrons. The number of para-hydroxylation sites is 1. The zero-order valence-electron chi connectivity index (χ0n) is 10.4. The molecule has 0 saturated carbocycles. The molecule has 6 heteroatoms. The Morgan fingerprint density at radius 2 is 2.16 bits per heavy atom. The summed E-state index contributed by atoms with van der Waals surface area (Å²) in [5.41, 5.74) is 0.729. The Labute approximate surface area is 110 Å². The summed E-state index contributed by atoms with van der Waals surface area (Å²) >= 11 is 0. The highest BCUT2D eigenvalue weighted by Gasteiger charge is 2.31. The third kappa shape index (κ3) is 3.09. The van der Waals surface area contributed by atoms with Crippen LogP contribution in [0.1, 0.15) is 12.0 Å². The van der Waals surface area contributed by atoms with Crippen molar-refractivity contribution in [3.8, 4) is 5.75 Å². The van der Waals surface area contributed by atoms with E-state index < -0.39 is 11.9 Å². The SMILES string of the molecule is COc1ccccc1CC(=O)NC1CC(=O)NC1=O. The fourth-order valence-corrected chi connectivity index (χ4v) is 1.94. The second-order valence-corrected chi connectivity index (χ2v) is 4.23. The summed E-state index contributed by atoms with van der Waals surface area (Å²) in [5, 5.41) is 4.67. The quantitative estimate of drug-likeness (QED) is 0.734. The highest BCUT2D eigenvalue weighted by Crippen LogP contribution is 2.17. The molecule has 1 aliphatic rings. The van der Waals surface area contributed by atoms with Gasteiger partial charge in [-0.25, -0.2) is 0 Å². The van der Waals surface area contributed by atoms with Gasteiger partial charge < -0.3 is 10.1 Å². The Kier molecular flexibility index (Phi) is 3.79. The molecule has 0 spiro atoms. The van der Waals surface area contributed by atoms with Crippen LogP contribution in [-0.2, 0) is 20.8 Å². The normalized spacial score (nSPS) is 18.1. The summed E-state index contributed by atoms with van der Waals surface area (Å²) in [6.45, 7) is 0. The molecule has 1 unspecified atom stereocenters. The van der Waals surface area contributed by atoms with Crippen LogP contribution >= 0.6 is 0 Å². The number of ether oxygens (including phenoxy) is 1. The summed E-state index contributed by atoms with van der Waals surface area (Å²) in [6, 6.07) is 6.38. The van der Waals surface area contributed by atoms with Crippen molar-refractivity contribution in [1.29, 1.82) is 0 Å². The average Bonchev–Trinajstić information content (AvgIpc) is 2.68. The lowest BCUT2D eigenvalue weighted by molar-refractivity contribution is -0.128. The predicted octanol–water partition coefficient (Wildman–Crippen LogP) is -0.231.